The molecule has 3 N–H and O–H groups in total. The number of urea groups is 1. The van der Waals surface area contributed by atoms with E-state index in [-0.39, 0.29) is 12.2 Å². The van der Waals surface area contributed by atoms with Gasteiger partial charge in [-0.2, -0.15) is 0 Å². The van der Waals surface area contributed by atoms with E-state index in [4.69, 9.17) is 4.74 Å². The zero-order chi connectivity index (χ0) is 22.1. The summed E-state index contributed by atoms with van der Waals surface area (Å²) in [6.45, 7) is 3.77. The fourth-order valence-electron chi connectivity index (χ4n) is 3.30. The van der Waals surface area contributed by atoms with Crippen LogP contribution < -0.4 is 20.1 Å². The Hall–Kier alpha value is -2.88. The van der Waals surface area contributed by atoms with Crippen LogP contribution in [0.15, 0.2) is 36.4 Å². The third-order valence-electron chi connectivity index (χ3n) is 4.52. The summed E-state index contributed by atoms with van der Waals surface area (Å²) in [6, 6.07) is 7.12. The van der Waals surface area contributed by atoms with E-state index >= 15 is 0 Å². The third-order valence-corrected chi connectivity index (χ3v) is 5.11. The Morgan fingerprint density at radius 3 is 2.60 bits per heavy atom. The van der Waals surface area contributed by atoms with Crippen molar-refractivity contribution < 1.29 is 26.7 Å². The van der Waals surface area contributed by atoms with Gasteiger partial charge in [-0.1, -0.05) is 6.07 Å². The number of hydrogen-bond acceptors (Lipinski definition) is 4. The Balaban J connectivity index is 1.65. The van der Waals surface area contributed by atoms with Crippen LogP contribution in [0.25, 0.3) is 0 Å². The van der Waals surface area contributed by atoms with E-state index in [1.165, 1.54) is 30.3 Å². The second-order valence-corrected chi connectivity index (χ2v) is 9.56. The predicted octanol–water partition coefficient (Wildman–Crippen LogP) is 3.44. The maximum absolute atomic E-state index is 14.1. The van der Waals surface area contributed by atoms with Crippen LogP contribution >= 0.6 is 0 Å². The first-order chi connectivity index (χ1) is 13.9. The molecule has 162 valence electrons. The largest absolute Gasteiger partial charge is 0.487 e. The SMILES string of the molecule is CC1(C)C[C@@H](NC(=O)NCc2ccc(NS(C)(=O)=O)c(F)c2)c2cc(F)ccc2O1. The van der Waals surface area contributed by atoms with E-state index in [1.54, 1.807) is 0 Å². The smallest absolute Gasteiger partial charge is 0.315 e. The monoisotopic (exact) mass is 439 g/mol. The lowest BCUT2D eigenvalue weighted by Gasteiger charge is -2.37. The van der Waals surface area contributed by atoms with Crippen molar-refractivity contribution in [2.24, 2.45) is 0 Å². The van der Waals surface area contributed by atoms with Crippen LogP contribution in [0.1, 0.15) is 37.4 Å². The number of fused-ring (bicyclic) bond motifs is 1. The quantitative estimate of drug-likeness (QED) is 0.665. The lowest BCUT2D eigenvalue weighted by atomic mass is 9.89. The fourth-order valence-corrected chi connectivity index (χ4v) is 3.86. The molecule has 7 nitrogen and oxygen atoms in total. The van der Waals surface area contributed by atoms with Crippen molar-refractivity contribution in [1.82, 2.24) is 10.6 Å². The van der Waals surface area contributed by atoms with Gasteiger partial charge in [-0.3, -0.25) is 4.72 Å². The van der Waals surface area contributed by atoms with Crippen molar-refractivity contribution in [2.75, 3.05) is 11.0 Å². The average Bonchev–Trinajstić information content (AvgIpc) is 2.61. The Morgan fingerprint density at radius 2 is 1.93 bits per heavy atom. The lowest BCUT2D eigenvalue weighted by Crippen LogP contribution is -2.44. The van der Waals surface area contributed by atoms with Gasteiger partial charge in [-0.15, -0.1) is 0 Å². The Labute approximate surface area is 173 Å². The second-order valence-electron chi connectivity index (χ2n) is 7.82. The van der Waals surface area contributed by atoms with E-state index in [0.29, 0.717) is 23.3 Å². The molecule has 2 aromatic rings. The predicted molar refractivity (Wildman–Crippen MR) is 109 cm³/mol. The van der Waals surface area contributed by atoms with Crippen molar-refractivity contribution in [3.63, 3.8) is 0 Å². The normalized spacial score (nSPS) is 17.4. The van der Waals surface area contributed by atoms with Gasteiger partial charge < -0.3 is 15.4 Å². The zero-order valence-corrected chi connectivity index (χ0v) is 17.6. The van der Waals surface area contributed by atoms with Gasteiger partial charge >= 0.3 is 6.03 Å². The van der Waals surface area contributed by atoms with Crippen LogP contribution in [0.3, 0.4) is 0 Å². The highest BCUT2D eigenvalue weighted by atomic mass is 32.2. The van der Waals surface area contributed by atoms with Gasteiger partial charge in [0.25, 0.3) is 0 Å². The van der Waals surface area contributed by atoms with Crippen molar-refractivity contribution in [1.29, 1.82) is 0 Å². The molecular weight excluding hydrogens is 416 g/mol. The van der Waals surface area contributed by atoms with E-state index in [2.05, 4.69) is 15.4 Å². The Kier molecular flexibility index (Phi) is 5.89. The molecule has 0 fully saturated rings. The molecule has 0 aliphatic carbocycles. The van der Waals surface area contributed by atoms with Crippen LogP contribution in [0.5, 0.6) is 5.75 Å². The molecule has 2 amide bonds. The molecule has 0 aromatic heterocycles. The fraction of sp³-hybridized carbons (Fsp3) is 0.350. The van der Waals surface area contributed by atoms with Crippen molar-refractivity contribution >= 4 is 21.7 Å². The number of benzene rings is 2. The summed E-state index contributed by atoms with van der Waals surface area (Å²) in [5.74, 6) is -0.674. The highest BCUT2D eigenvalue weighted by molar-refractivity contribution is 7.92. The first-order valence-electron chi connectivity index (χ1n) is 9.21. The molecule has 0 radical (unpaired) electrons. The number of carbonyl (C=O) groups is 1. The number of rotatable bonds is 5. The molecular formula is C20H23F2N3O4S. The number of hydrogen-bond donors (Lipinski definition) is 3. The minimum atomic E-state index is -3.60. The standard InChI is InChI=1S/C20H23F2N3O4S/c1-20(2)10-17(14-9-13(21)5-7-18(14)29-20)24-19(26)23-11-12-4-6-16(15(22)8-12)25-30(3,27)28/h4-9,17,25H,10-11H2,1-3H3,(H2,23,24,26)/t17-/m1/s1. The highest BCUT2D eigenvalue weighted by Crippen LogP contribution is 2.39. The maximum Gasteiger partial charge on any atom is 0.315 e. The molecule has 0 spiro atoms. The van der Waals surface area contributed by atoms with E-state index in [0.717, 1.165) is 12.3 Å². The van der Waals surface area contributed by atoms with Crippen LogP contribution in [0, 0.1) is 11.6 Å². The molecule has 1 heterocycles. The highest BCUT2D eigenvalue weighted by Gasteiger charge is 2.34. The van der Waals surface area contributed by atoms with Gasteiger partial charge in [0.1, 0.15) is 23.0 Å². The topological polar surface area (TPSA) is 96.5 Å². The van der Waals surface area contributed by atoms with E-state index < -0.39 is 39.3 Å². The zero-order valence-electron chi connectivity index (χ0n) is 16.8. The minimum absolute atomic E-state index is 0.0184. The molecule has 1 atom stereocenters. The Bertz CT molecular complexity index is 1070. The van der Waals surface area contributed by atoms with Crippen LogP contribution in [0.4, 0.5) is 19.3 Å². The summed E-state index contributed by atoms with van der Waals surface area (Å²) in [7, 11) is -3.60. The van der Waals surface area contributed by atoms with Gasteiger partial charge in [0.05, 0.1) is 18.0 Å². The molecule has 0 saturated carbocycles. The molecule has 10 heteroatoms. The van der Waals surface area contributed by atoms with E-state index in [9.17, 15) is 22.0 Å². The number of carbonyl (C=O) groups excluding carboxylic acids is 1. The number of nitrogens with one attached hydrogen (secondary N) is 3. The van der Waals surface area contributed by atoms with Gasteiger partial charge in [-0.05, 0) is 49.7 Å². The number of ether oxygens (including phenoxy) is 1. The van der Waals surface area contributed by atoms with Crippen LogP contribution in [0.2, 0.25) is 0 Å². The minimum Gasteiger partial charge on any atom is -0.487 e. The van der Waals surface area contributed by atoms with E-state index in [1.807, 2.05) is 13.8 Å². The third kappa shape index (κ3) is 5.59. The van der Waals surface area contributed by atoms with Crippen LogP contribution in [-0.2, 0) is 16.6 Å². The number of amides is 2. The first kappa shape index (κ1) is 21.8. The summed E-state index contributed by atoms with van der Waals surface area (Å²) in [5.41, 5.74) is 0.273. The molecule has 30 heavy (non-hydrogen) atoms. The van der Waals surface area contributed by atoms with Crippen molar-refractivity contribution in [2.45, 2.75) is 38.5 Å². The molecule has 0 unspecified atom stereocenters. The molecule has 0 bridgehead atoms. The van der Waals surface area contributed by atoms with Crippen molar-refractivity contribution in [3.05, 3.63) is 59.2 Å². The molecule has 1 aliphatic rings. The summed E-state index contributed by atoms with van der Waals surface area (Å²) in [6.07, 6.45) is 1.37. The maximum atomic E-state index is 14.1. The number of halogens is 2. The summed E-state index contributed by atoms with van der Waals surface area (Å²) in [5, 5.41) is 5.43. The molecule has 0 saturated heterocycles. The van der Waals surface area contributed by atoms with Gasteiger partial charge in [-0.25, -0.2) is 22.0 Å². The van der Waals surface area contributed by atoms with Crippen LogP contribution in [-0.4, -0.2) is 26.3 Å². The summed E-state index contributed by atoms with van der Waals surface area (Å²) < 4.78 is 58.1. The first-order valence-corrected chi connectivity index (χ1v) is 11.1. The molecule has 3 rings (SSSR count). The van der Waals surface area contributed by atoms with Gasteiger partial charge in [0.15, 0.2) is 0 Å². The lowest BCUT2D eigenvalue weighted by molar-refractivity contribution is 0.0676. The second kappa shape index (κ2) is 8.10. The summed E-state index contributed by atoms with van der Waals surface area (Å²) in [4.78, 5) is 12.4. The summed E-state index contributed by atoms with van der Waals surface area (Å²) >= 11 is 0. The molecule has 1 aliphatic heterocycles. The molecule has 2 aromatic carbocycles. The van der Waals surface area contributed by atoms with Crippen molar-refractivity contribution in [3.8, 4) is 5.75 Å². The number of sulfonamides is 1. The Morgan fingerprint density at radius 1 is 1.20 bits per heavy atom. The van der Waals surface area contributed by atoms with Gasteiger partial charge in [0.2, 0.25) is 10.0 Å². The average molecular weight is 439 g/mol. The van der Waals surface area contributed by atoms with Gasteiger partial charge in [0, 0.05) is 18.5 Å². The number of anilines is 1.